The lowest BCUT2D eigenvalue weighted by Gasteiger charge is -2.37. The number of aliphatic carboxylic acids is 1. The molecule has 3 atom stereocenters. The topological polar surface area (TPSA) is 101 Å². The number of hydrogen-bond donors (Lipinski definition) is 1. The summed E-state index contributed by atoms with van der Waals surface area (Å²) in [6.07, 6.45) is -6.24. The van der Waals surface area contributed by atoms with Gasteiger partial charge in [0.25, 0.3) is 0 Å². The van der Waals surface area contributed by atoms with Crippen LogP contribution < -0.4 is 0 Å². The molecule has 140 valence electrons. The highest BCUT2D eigenvalue weighted by Gasteiger charge is 2.54. The summed E-state index contributed by atoms with van der Waals surface area (Å²) in [5.74, 6) is -3.62. The third kappa shape index (κ3) is 4.82. The number of carboxylic acid groups (broad SMARTS) is 1. The number of carboxylic acids is 1. The van der Waals surface area contributed by atoms with E-state index in [2.05, 4.69) is 4.74 Å². The Morgan fingerprint density at radius 2 is 1.92 bits per heavy atom. The maximum Gasteiger partial charge on any atom is 0.407 e. The van der Waals surface area contributed by atoms with Crippen LogP contribution in [-0.2, 0) is 24.3 Å². The second-order valence-corrected chi connectivity index (χ2v) is 7.68. The van der Waals surface area contributed by atoms with Crippen molar-refractivity contribution in [2.45, 2.75) is 50.6 Å². The number of piperidine rings is 1. The van der Waals surface area contributed by atoms with Gasteiger partial charge < -0.3 is 9.84 Å². The Balaban J connectivity index is 3.14. The van der Waals surface area contributed by atoms with Gasteiger partial charge in [-0.05, 0) is 26.7 Å². The summed E-state index contributed by atoms with van der Waals surface area (Å²) in [5, 5.41) is 6.04. The van der Waals surface area contributed by atoms with Gasteiger partial charge in [-0.1, -0.05) is 0 Å². The molecule has 0 aliphatic carbocycles. The lowest BCUT2D eigenvalue weighted by atomic mass is 9.96. The maximum absolute atomic E-state index is 13.2. The second kappa shape index (κ2) is 7.68. The number of rotatable bonds is 6. The number of esters is 1. The summed E-state index contributed by atoms with van der Waals surface area (Å²) in [7, 11) is -4.97. The number of ether oxygens (including phenoxy) is 1. The van der Waals surface area contributed by atoms with E-state index < -0.39 is 58.3 Å². The average molecular weight is 375 g/mol. The van der Waals surface area contributed by atoms with Crippen LogP contribution in [0.3, 0.4) is 0 Å². The Hall–Kier alpha value is -1.36. The Morgan fingerprint density at radius 1 is 1.33 bits per heavy atom. The summed E-state index contributed by atoms with van der Waals surface area (Å²) < 4.78 is 69.6. The van der Waals surface area contributed by atoms with E-state index in [0.717, 1.165) is 0 Å². The van der Waals surface area contributed by atoms with Crippen LogP contribution in [0.2, 0.25) is 0 Å². The largest absolute Gasteiger partial charge is 0.481 e. The van der Waals surface area contributed by atoms with Crippen LogP contribution in [-0.4, -0.2) is 60.4 Å². The van der Waals surface area contributed by atoms with E-state index in [4.69, 9.17) is 5.11 Å². The average Bonchev–Trinajstić information content (AvgIpc) is 2.43. The van der Waals surface area contributed by atoms with Crippen molar-refractivity contribution in [2.75, 3.05) is 13.2 Å². The fourth-order valence-corrected chi connectivity index (χ4v) is 4.56. The molecule has 0 amide bonds. The molecule has 0 spiro atoms. The van der Waals surface area contributed by atoms with E-state index >= 15 is 0 Å². The summed E-state index contributed by atoms with van der Waals surface area (Å²) in [5.41, 5.74) is 0. The number of sulfonamides is 1. The maximum atomic E-state index is 13.2. The normalized spacial score (nSPS) is 24.4. The SMILES string of the molecule is CCOC(=O)CC(C(F)(F)F)S(=O)(=O)N1CC(C(=O)O)CCC1C. The van der Waals surface area contributed by atoms with Gasteiger partial charge >= 0.3 is 18.1 Å². The van der Waals surface area contributed by atoms with Crippen LogP contribution in [0.5, 0.6) is 0 Å². The van der Waals surface area contributed by atoms with Gasteiger partial charge in [-0.25, -0.2) is 8.42 Å². The molecular weight excluding hydrogens is 355 g/mol. The first kappa shape index (κ1) is 20.7. The predicted octanol–water partition coefficient (Wildman–Crippen LogP) is 1.39. The van der Waals surface area contributed by atoms with Crippen molar-refractivity contribution in [2.24, 2.45) is 5.92 Å². The third-order valence-corrected chi connectivity index (χ3v) is 6.20. The standard InChI is InChI=1S/C13H20F3NO6S/c1-3-23-11(18)6-10(13(14,15)16)24(21,22)17-7-9(12(19)20)5-4-8(17)2/h8-10H,3-7H2,1-2H3,(H,19,20). The van der Waals surface area contributed by atoms with E-state index in [1.807, 2.05) is 0 Å². The number of carbonyl (C=O) groups excluding carboxylic acids is 1. The third-order valence-electron chi connectivity index (χ3n) is 3.88. The van der Waals surface area contributed by atoms with E-state index in [1.165, 1.54) is 13.8 Å². The number of halogens is 3. The van der Waals surface area contributed by atoms with Gasteiger partial charge in [0.05, 0.1) is 18.9 Å². The molecule has 0 aromatic carbocycles. The molecule has 11 heteroatoms. The van der Waals surface area contributed by atoms with Crippen LogP contribution in [0, 0.1) is 5.92 Å². The molecule has 0 radical (unpaired) electrons. The lowest BCUT2D eigenvalue weighted by Crippen LogP contribution is -2.54. The molecular formula is C13H20F3NO6S. The number of nitrogens with zero attached hydrogens (tertiary/aromatic N) is 1. The van der Waals surface area contributed by atoms with Gasteiger partial charge in [-0.2, -0.15) is 17.5 Å². The summed E-state index contributed by atoms with van der Waals surface area (Å²) in [4.78, 5) is 22.4. The van der Waals surface area contributed by atoms with Crippen molar-refractivity contribution in [1.82, 2.24) is 4.31 Å². The number of alkyl halides is 3. The van der Waals surface area contributed by atoms with E-state index in [1.54, 1.807) is 0 Å². The monoisotopic (exact) mass is 375 g/mol. The highest BCUT2D eigenvalue weighted by molar-refractivity contribution is 7.89. The number of carbonyl (C=O) groups is 2. The first-order valence-corrected chi connectivity index (χ1v) is 8.87. The smallest absolute Gasteiger partial charge is 0.407 e. The summed E-state index contributed by atoms with van der Waals surface area (Å²) >= 11 is 0. The van der Waals surface area contributed by atoms with Crippen LogP contribution in [0.15, 0.2) is 0 Å². The van der Waals surface area contributed by atoms with Crippen LogP contribution in [0.25, 0.3) is 0 Å². The van der Waals surface area contributed by atoms with Crippen molar-refractivity contribution >= 4 is 22.0 Å². The lowest BCUT2D eigenvalue weighted by molar-refractivity contribution is -0.155. The zero-order valence-corrected chi connectivity index (χ0v) is 14.1. The minimum atomic E-state index is -5.18. The van der Waals surface area contributed by atoms with E-state index in [9.17, 15) is 31.2 Å². The van der Waals surface area contributed by atoms with Crippen molar-refractivity contribution in [3.63, 3.8) is 0 Å². The molecule has 1 fully saturated rings. The molecule has 0 saturated carbocycles. The van der Waals surface area contributed by atoms with Gasteiger partial charge in [0.1, 0.15) is 0 Å². The highest BCUT2D eigenvalue weighted by Crippen LogP contribution is 2.34. The molecule has 1 rings (SSSR count). The van der Waals surface area contributed by atoms with Crippen molar-refractivity contribution in [3.8, 4) is 0 Å². The first-order valence-electron chi connectivity index (χ1n) is 7.37. The molecule has 0 aromatic heterocycles. The fraction of sp³-hybridized carbons (Fsp3) is 0.846. The molecule has 1 N–H and O–H groups in total. The first-order chi connectivity index (χ1) is 10.9. The summed E-state index contributed by atoms with van der Waals surface area (Å²) in [6.45, 7) is 2.07. The molecule has 0 bridgehead atoms. The van der Waals surface area contributed by atoms with Gasteiger partial charge in [0.2, 0.25) is 10.0 Å². The molecule has 24 heavy (non-hydrogen) atoms. The zero-order valence-electron chi connectivity index (χ0n) is 13.2. The van der Waals surface area contributed by atoms with Gasteiger partial charge in [0.15, 0.2) is 5.25 Å². The molecule has 1 aliphatic rings. The Bertz CT molecular complexity index is 577. The molecule has 1 heterocycles. The fourth-order valence-electron chi connectivity index (χ4n) is 2.56. The van der Waals surface area contributed by atoms with E-state index in [0.29, 0.717) is 4.31 Å². The zero-order chi connectivity index (χ0) is 18.7. The Labute approximate surface area is 137 Å². The molecule has 3 unspecified atom stereocenters. The van der Waals surface area contributed by atoms with Crippen molar-refractivity contribution < 1.29 is 41.0 Å². The highest BCUT2D eigenvalue weighted by atomic mass is 32.2. The molecule has 0 aromatic rings. The Morgan fingerprint density at radius 3 is 2.38 bits per heavy atom. The minimum Gasteiger partial charge on any atom is -0.481 e. The Kier molecular flexibility index (Phi) is 6.62. The second-order valence-electron chi connectivity index (χ2n) is 5.62. The van der Waals surface area contributed by atoms with Gasteiger partial charge in [-0.3, -0.25) is 9.59 Å². The molecule has 1 saturated heterocycles. The van der Waals surface area contributed by atoms with Crippen LogP contribution in [0.4, 0.5) is 13.2 Å². The number of hydrogen-bond acceptors (Lipinski definition) is 5. The predicted molar refractivity (Wildman–Crippen MR) is 76.5 cm³/mol. The van der Waals surface area contributed by atoms with Crippen LogP contribution in [0.1, 0.15) is 33.1 Å². The van der Waals surface area contributed by atoms with Gasteiger partial charge in [-0.15, -0.1) is 0 Å². The van der Waals surface area contributed by atoms with Crippen molar-refractivity contribution in [1.29, 1.82) is 0 Å². The quantitative estimate of drug-likeness (QED) is 0.704. The van der Waals surface area contributed by atoms with Crippen molar-refractivity contribution in [3.05, 3.63) is 0 Å². The summed E-state index contributed by atoms with van der Waals surface area (Å²) in [6, 6.07) is -0.780. The van der Waals surface area contributed by atoms with E-state index in [-0.39, 0.29) is 19.4 Å². The minimum absolute atomic E-state index is 0.125. The van der Waals surface area contributed by atoms with Crippen LogP contribution >= 0.6 is 0 Å². The van der Waals surface area contributed by atoms with Gasteiger partial charge in [0, 0.05) is 12.6 Å². The molecule has 1 aliphatic heterocycles. The molecule has 7 nitrogen and oxygen atoms in total.